The van der Waals surface area contributed by atoms with Crippen molar-refractivity contribution >= 4 is 5.91 Å². The van der Waals surface area contributed by atoms with Gasteiger partial charge < -0.3 is 9.64 Å². The van der Waals surface area contributed by atoms with Crippen molar-refractivity contribution < 1.29 is 9.53 Å². The monoisotopic (exact) mass is 327 g/mol. The van der Waals surface area contributed by atoms with E-state index < -0.39 is 0 Å². The van der Waals surface area contributed by atoms with E-state index in [0.29, 0.717) is 11.7 Å². The quantitative estimate of drug-likeness (QED) is 0.863. The lowest BCUT2D eigenvalue weighted by Crippen LogP contribution is -2.39. The van der Waals surface area contributed by atoms with Gasteiger partial charge >= 0.3 is 0 Å². The highest BCUT2D eigenvalue weighted by atomic mass is 16.5. The number of carbonyl (C=O) groups excluding carboxylic acids is 1. The first-order chi connectivity index (χ1) is 11.6. The molecule has 1 aromatic heterocycles. The van der Waals surface area contributed by atoms with Crippen LogP contribution in [0.3, 0.4) is 0 Å². The average Bonchev–Trinajstić information content (AvgIpc) is 3.03. The Morgan fingerprint density at radius 3 is 2.50 bits per heavy atom. The van der Waals surface area contributed by atoms with E-state index >= 15 is 0 Å². The molecule has 1 aromatic carbocycles. The van der Waals surface area contributed by atoms with E-state index in [1.165, 1.54) is 19.3 Å². The number of methoxy groups -OCH3 is 1. The molecule has 0 aliphatic heterocycles. The van der Waals surface area contributed by atoms with E-state index in [2.05, 4.69) is 5.10 Å². The van der Waals surface area contributed by atoms with Gasteiger partial charge in [0.2, 0.25) is 0 Å². The Kier molecular flexibility index (Phi) is 4.88. The molecule has 1 fully saturated rings. The summed E-state index contributed by atoms with van der Waals surface area (Å²) >= 11 is 0. The topological polar surface area (TPSA) is 47.4 Å². The highest BCUT2D eigenvalue weighted by Gasteiger charge is 2.25. The molecule has 0 unspecified atom stereocenters. The van der Waals surface area contributed by atoms with Crippen molar-refractivity contribution in [2.45, 2.75) is 38.1 Å². The van der Waals surface area contributed by atoms with Gasteiger partial charge in [-0.25, -0.2) is 0 Å². The van der Waals surface area contributed by atoms with Crippen LogP contribution in [0.25, 0.3) is 11.3 Å². The Morgan fingerprint density at radius 1 is 1.21 bits per heavy atom. The van der Waals surface area contributed by atoms with Crippen molar-refractivity contribution in [2.75, 3.05) is 14.2 Å². The third-order valence-corrected chi connectivity index (χ3v) is 4.93. The van der Waals surface area contributed by atoms with Crippen LogP contribution in [0.4, 0.5) is 0 Å². The molecule has 2 aromatic rings. The molecule has 0 N–H and O–H groups in total. The van der Waals surface area contributed by atoms with Crippen molar-refractivity contribution in [3.05, 3.63) is 36.0 Å². The van der Waals surface area contributed by atoms with Crippen molar-refractivity contribution in [2.24, 2.45) is 7.05 Å². The number of carbonyl (C=O) groups is 1. The third kappa shape index (κ3) is 3.30. The number of aryl methyl sites for hydroxylation is 1. The highest BCUT2D eigenvalue weighted by Crippen LogP contribution is 2.25. The standard InChI is InChI=1S/C19H25N3O2/c1-21(15-7-5-4-6-8-15)19(23)18-13-17(20-22(18)2)14-9-11-16(24-3)12-10-14/h9-13,15H,4-8H2,1-3H3. The summed E-state index contributed by atoms with van der Waals surface area (Å²) in [7, 11) is 5.39. The first-order valence-electron chi connectivity index (χ1n) is 8.56. The summed E-state index contributed by atoms with van der Waals surface area (Å²) in [6, 6.07) is 9.95. The second-order valence-corrected chi connectivity index (χ2v) is 6.47. The Balaban J connectivity index is 1.80. The summed E-state index contributed by atoms with van der Waals surface area (Å²) in [6.07, 6.45) is 5.91. The average molecular weight is 327 g/mol. The van der Waals surface area contributed by atoms with Gasteiger partial charge in [0.1, 0.15) is 11.4 Å². The summed E-state index contributed by atoms with van der Waals surface area (Å²) in [5, 5.41) is 4.51. The zero-order valence-corrected chi connectivity index (χ0v) is 14.7. The van der Waals surface area contributed by atoms with Crippen molar-refractivity contribution in [1.82, 2.24) is 14.7 Å². The zero-order chi connectivity index (χ0) is 17.1. The largest absolute Gasteiger partial charge is 0.497 e. The van der Waals surface area contributed by atoms with Crippen molar-refractivity contribution in [1.29, 1.82) is 0 Å². The van der Waals surface area contributed by atoms with E-state index in [1.54, 1.807) is 11.8 Å². The number of amides is 1. The fraction of sp³-hybridized carbons (Fsp3) is 0.474. The van der Waals surface area contributed by atoms with Crippen molar-refractivity contribution in [3.8, 4) is 17.0 Å². The van der Waals surface area contributed by atoms with E-state index in [9.17, 15) is 4.79 Å². The summed E-state index contributed by atoms with van der Waals surface area (Å²) < 4.78 is 6.87. The molecule has 0 atom stereocenters. The van der Waals surface area contributed by atoms with E-state index in [1.807, 2.05) is 49.3 Å². The molecular weight excluding hydrogens is 302 g/mol. The maximum Gasteiger partial charge on any atom is 0.272 e. The third-order valence-electron chi connectivity index (χ3n) is 4.93. The van der Waals surface area contributed by atoms with Crippen LogP contribution in [0.15, 0.2) is 30.3 Å². The lowest BCUT2D eigenvalue weighted by atomic mass is 9.94. The molecule has 0 radical (unpaired) electrons. The van der Waals surface area contributed by atoms with Gasteiger partial charge in [0.25, 0.3) is 5.91 Å². The Bertz CT molecular complexity index is 700. The highest BCUT2D eigenvalue weighted by molar-refractivity contribution is 5.93. The first-order valence-corrected chi connectivity index (χ1v) is 8.56. The number of nitrogens with zero attached hydrogens (tertiary/aromatic N) is 3. The Hall–Kier alpha value is -2.30. The molecule has 0 saturated heterocycles. The predicted octanol–water partition coefficient (Wildman–Crippen LogP) is 3.50. The molecule has 1 aliphatic carbocycles. The maximum atomic E-state index is 12.9. The van der Waals surface area contributed by atoms with E-state index in [0.717, 1.165) is 29.8 Å². The van der Waals surface area contributed by atoms with Gasteiger partial charge in [-0.15, -0.1) is 0 Å². The predicted molar refractivity (Wildman–Crippen MR) is 94.2 cm³/mol. The van der Waals surface area contributed by atoms with Gasteiger partial charge in [-0.3, -0.25) is 9.48 Å². The van der Waals surface area contributed by atoms with Crippen LogP contribution in [0.1, 0.15) is 42.6 Å². The van der Waals surface area contributed by atoms with Crippen LogP contribution in [-0.4, -0.2) is 40.8 Å². The Labute approximate surface area is 143 Å². The summed E-state index contributed by atoms with van der Waals surface area (Å²) in [6.45, 7) is 0. The van der Waals surface area contributed by atoms with Crippen LogP contribution in [0.2, 0.25) is 0 Å². The second-order valence-electron chi connectivity index (χ2n) is 6.47. The number of hydrogen-bond donors (Lipinski definition) is 0. The van der Waals surface area contributed by atoms with Gasteiger partial charge in [-0.05, 0) is 43.2 Å². The summed E-state index contributed by atoms with van der Waals surface area (Å²) in [5.74, 6) is 0.861. The molecule has 3 rings (SSSR count). The molecule has 1 heterocycles. The SMILES string of the molecule is COc1ccc(-c2cc(C(=O)N(C)C3CCCCC3)n(C)n2)cc1. The number of aromatic nitrogens is 2. The fourth-order valence-corrected chi connectivity index (χ4v) is 3.39. The zero-order valence-electron chi connectivity index (χ0n) is 14.7. The molecule has 24 heavy (non-hydrogen) atoms. The van der Waals surface area contributed by atoms with Crippen LogP contribution >= 0.6 is 0 Å². The van der Waals surface area contributed by atoms with Gasteiger partial charge in [0.05, 0.1) is 12.8 Å². The molecule has 5 nitrogen and oxygen atoms in total. The number of rotatable bonds is 4. The Morgan fingerprint density at radius 2 is 1.88 bits per heavy atom. The molecule has 1 saturated carbocycles. The van der Waals surface area contributed by atoms with Crippen LogP contribution in [0, 0.1) is 0 Å². The number of benzene rings is 1. The molecular formula is C19H25N3O2. The molecule has 0 bridgehead atoms. The minimum atomic E-state index is 0.0525. The molecule has 0 spiro atoms. The number of hydrogen-bond acceptors (Lipinski definition) is 3. The first kappa shape index (κ1) is 16.6. The van der Waals surface area contributed by atoms with Crippen LogP contribution in [-0.2, 0) is 7.05 Å². The normalized spacial score (nSPS) is 15.3. The van der Waals surface area contributed by atoms with E-state index in [4.69, 9.17) is 4.74 Å². The molecule has 1 aliphatic rings. The fourth-order valence-electron chi connectivity index (χ4n) is 3.39. The molecule has 5 heteroatoms. The van der Waals surface area contributed by atoms with Crippen LogP contribution in [0.5, 0.6) is 5.75 Å². The molecule has 1 amide bonds. The number of ether oxygens (including phenoxy) is 1. The van der Waals surface area contributed by atoms with Gasteiger partial charge in [0, 0.05) is 25.7 Å². The van der Waals surface area contributed by atoms with E-state index in [-0.39, 0.29) is 5.91 Å². The molecule has 128 valence electrons. The maximum absolute atomic E-state index is 12.9. The summed E-state index contributed by atoms with van der Waals surface area (Å²) in [5.41, 5.74) is 2.42. The van der Waals surface area contributed by atoms with Gasteiger partial charge in [-0.1, -0.05) is 19.3 Å². The van der Waals surface area contributed by atoms with Gasteiger partial charge in [-0.2, -0.15) is 5.10 Å². The second kappa shape index (κ2) is 7.07. The lowest BCUT2D eigenvalue weighted by Gasteiger charge is -2.31. The van der Waals surface area contributed by atoms with Gasteiger partial charge in [0.15, 0.2) is 0 Å². The lowest BCUT2D eigenvalue weighted by molar-refractivity contribution is 0.0685. The van der Waals surface area contributed by atoms with Crippen molar-refractivity contribution in [3.63, 3.8) is 0 Å². The minimum absolute atomic E-state index is 0.0525. The smallest absolute Gasteiger partial charge is 0.272 e. The minimum Gasteiger partial charge on any atom is -0.497 e. The van der Waals surface area contributed by atoms with Crippen LogP contribution < -0.4 is 4.74 Å². The summed E-state index contributed by atoms with van der Waals surface area (Å²) in [4.78, 5) is 14.8.